The van der Waals surface area contributed by atoms with Crippen LogP contribution >= 0.6 is 0 Å². The van der Waals surface area contributed by atoms with Gasteiger partial charge in [-0.05, 0) is 31.9 Å². The third-order valence-corrected chi connectivity index (χ3v) is 5.69. The first-order valence-electron chi connectivity index (χ1n) is 7.60. The number of hydrogen-bond acceptors (Lipinski definition) is 6. The molecule has 0 N–H and O–H groups in total. The van der Waals surface area contributed by atoms with Gasteiger partial charge in [-0.1, -0.05) is 23.4 Å². The third-order valence-electron chi connectivity index (χ3n) is 3.76. The number of ether oxygens (including phenoxy) is 1. The minimum absolute atomic E-state index is 0.238. The van der Waals surface area contributed by atoms with Crippen LogP contribution in [0.25, 0.3) is 0 Å². The highest BCUT2D eigenvalue weighted by Gasteiger charge is 2.38. The molecule has 1 atom stereocenters. The van der Waals surface area contributed by atoms with Crippen molar-refractivity contribution in [2.45, 2.75) is 37.3 Å². The summed E-state index contributed by atoms with van der Waals surface area (Å²) in [6, 6.07) is 8.03. The summed E-state index contributed by atoms with van der Waals surface area (Å²) in [7, 11) is -3.56. The smallest absolute Gasteiger partial charge is 0.252 e. The first-order chi connectivity index (χ1) is 11.1. The SMILES string of the molecule is CCOCc1nc(C2CCCN2S(=O)(=O)c2ccccc2)no1. The van der Waals surface area contributed by atoms with Gasteiger partial charge in [-0.25, -0.2) is 8.42 Å². The molecule has 1 fully saturated rings. The standard InChI is InChI=1S/C15H19N3O4S/c1-2-21-11-14-16-15(17-22-14)13-9-6-10-18(13)23(19,20)12-7-4-3-5-8-12/h3-5,7-8,13H,2,6,9-11H2,1H3. The lowest BCUT2D eigenvalue weighted by Crippen LogP contribution is -2.31. The van der Waals surface area contributed by atoms with Crippen molar-refractivity contribution in [3.05, 3.63) is 42.0 Å². The fourth-order valence-electron chi connectivity index (χ4n) is 2.67. The zero-order valence-corrected chi connectivity index (χ0v) is 13.7. The second-order valence-electron chi connectivity index (χ2n) is 5.27. The van der Waals surface area contributed by atoms with E-state index in [1.807, 2.05) is 6.92 Å². The van der Waals surface area contributed by atoms with E-state index in [2.05, 4.69) is 10.1 Å². The van der Waals surface area contributed by atoms with Crippen LogP contribution in [0.5, 0.6) is 0 Å². The monoisotopic (exact) mass is 337 g/mol. The third kappa shape index (κ3) is 3.29. The predicted molar refractivity (Wildman–Crippen MR) is 81.9 cm³/mol. The molecule has 8 heteroatoms. The van der Waals surface area contributed by atoms with Crippen LogP contribution in [-0.4, -0.2) is 36.0 Å². The number of hydrogen-bond donors (Lipinski definition) is 0. The zero-order valence-electron chi connectivity index (χ0n) is 12.9. The van der Waals surface area contributed by atoms with E-state index in [1.54, 1.807) is 30.3 Å². The number of rotatable bonds is 6. The number of benzene rings is 1. The van der Waals surface area contributed by atoms with Crippen molar-refractivity contribution in [1.82, 2.24) is 14.4 Å². The van der Waals surface area contributed by atoms with Gasteiger partial charge in [-0.3, -0.25) is 0 Å². The molecule has 3 rings (SSSR count). The molecule has 0 bridgehead atoms. The van der Waals surface area contributed by atoms with Crippen LogP contribution < -0.4 is 0 Å². The van der Waals surface area contributed by atoms with E-state index in [9.17, 15) is 8.42 Å². The van der Waals surface area contributed by atoms with Gasteiger partial charge in [0.25, 0.3) is 5.89 Å². The maximum absolute atomic E-state index is 12.8. The van der Waals surface area contributed by atoms with E-state index in [0.717, 1.165) is 6.42 Å². The van der Waals surface area contributed by atoms with Crippen LogP contribution in [0.2, 0.25) is 0 Å². The van der Waals surface area contributed by atoms with E-state index >= 15 is 0 Å². The maximum Gasteiger partial charge on any atom is 0.252 e. The van der Waals surface area contributed by atoms with E-state index in [4.69, 9.17) is 9.26 Å². The van der Waals surface area contributed by atoms with E-state index in [1.165, 1.54) is 4.31 Å². The van der Waals surface area contributed by atoms with E-state index in [0.29, 0.717) is 31.3 Å². The Bertz CT molecular complexity index is 745. The maximum atomic E-state index is 12.8. The molecule has 7 nitrogen and oxygen atoms in total. The largest absolute Gasteiger partial charge is 0.372 e. The van der Waals surface area contributed by atoms with Gasteiger partial charge in [0.05, 0.1) is 10.9 Å². The Balaban J connectivity index is 1.84. The molecule has 23 heavy (non-hydrogen) atoms. The lowest BCUT2D eigenvalue weighted by molar-refractivity contribution is 0.109. The Morgan fingerprint density at radius 1 is 1.35 bits per heavy atom. The highest BCUT2D eigenvalue weighted by Crippen LogP contribution is 2.35. The van der Waals surface area contributed by atoms with Crippen LogP contribution in [-0.2, 0) is 21.4 Å². The molecule has 1 aliphatic heterocycles. The summed E-state index contributed by atoms with van der Waals surface area (Å²) >= 11 is 0. The molecule has 0 saturated carbocycles. The quantitative estimate of drug-likeness (QED) is 0.803. The molecule has 0 aliphatic carbocycles. The summed E-state index contributed by atoms with van der Waals surface area (Å²) in [6.45, 7) is 3.12. The first-order valence-corrected chi connectivity index (χ1v) is 9.04. The Hall–Kier alpha value is -1.77. The molecule has 0 spiro atoms. The van der Waals surface area contributed by atoms with Gasteiger partial charge in [0.1, 0.15) is 6.61 Å². The highest BCUT2D eigenvalue weighted by molar-refractivity contribution is 7.89. The topological polar surface area (TPSA) is 85.5 Å². The molecule has 1 unspecified atom stereocenters. The van der Waals surface area contributed by atoms with Gasteiger partial charge < -0.3 is 9.26 Å². The molecule has 1 aromatic heterocycles. The van der Waals surface area contributed by atoms with Crippen LogP contribution in [0, 0.1) is 0 Å². The van der Waals surface area contributed by atoms with E-state index in [-0.39, 0.29) is 17.5 Å². The summed E-state index contributed by atoms with van der Waals surface area (Å²) in [5, 5.41) is 3.94. The number of aromatic nitrogens is 2. The summed E-state index contributed by atoms with van der Waals surface area (Å²) in [5.41, 5.74) is 0. The van der Waals surface area contributed by atoms with Crippen LogP contribution in [0.15, 0.2) is 39.8 Å². The Labute approximate surface area is 135 Å². The number of sulfonamides is 1. The van der Waals surface area contributed by atoms with E-state index < -0.39 is 10.0 Å². The van der Waals surface area contributed by atoms with Crippen molar-refractivity contribution in [3.8, 4) is 0 Å². The van der Waals surface area contributed by atoms with Crippen molar-refractivity contribution < 1.29 is 17.7 Å². The Morgan fingerprint density at radius 3 is 2.87 bits per heavy atom. The van der Waals surface area contributed by atoms with Gasteiger partial charge in [-0.2, -0.15) is 9.29 Å². The van der Waals surface area contributed by atoms with Crippen molar-refractivity contribution in [2.24, 2.45) is 0 Å². The molecule has 2 aromatic rings. The van der Waals surface area contributed by atoms with Crippen molar-refractivity contribution >= 4 is 10.0 Å². The second-order valence-corrected chi connectivity index (χ2v) is 7.16. The summed E-state index contributed by atoms with van der Waals surface area (Å²) < 4.78 is 37.4. The molecule has 0 radical (unpaired) electrons. The fourth-order valence-corrected chi connectivity index (χ4v) is 4.34. The average Bonchev–Trinajstić information content (AvgIpc) is 3.22. The normalized spacial score (nSPS) is 19.3. The van der Waals surface area contributed by atoms with Gasteiger partial charge in [-0.15, -0.1) is 0 Å². The van der Waals surface area contributed by atoms with Crippen LogP contribution in [0.1, 0.15) is 37.5 Å². The van der Waals surface area contributed by atoms with Gasteiger partial charge >= 0.3 is 0 Å². The molecular weight excluding hydrogens is 318 g/mol. The number of nitrogens with zero attached hydrogens (tertiary/aromatic N) is 3. The lowest BCUT2D eigenvalue weighted by atomic mass is 10.2. The molecule has 1 aromatic carbocycles. The fraction of sp³-hybridized carbons (Fsp3) is 0.467. The average molecular weight is 337 g/mol. The second kappa shape index (κ2) is 6.77. The summed E-state index contributed by atoms with van der Waals surface area (Å²) in [6.07, 6.45) is 1.45. The first kappa shape index (κ1) is 16.1. The predicted octanol–water partition coefficient (Wildman–Crippen LogP) is 2.13. The highest BCUT2D eigenvalue weighted by atomic mass is 32.2. The molecular formula is C15H19N3O4S. The lowest BCUT2D eigenvalue weighted by Gasteiger charge is -2.21. The van der Waals surface area contributed by atoms with Gasteiger partial charge in [0, 0.05) is 13.2 Å². The molecule has 0 amide bonds. The molecule has 2 heterocycles. The Kier molecular flexibility index (Phi) is 4.74. The minimum Gasteiger partial charge on any atom is -0.372 e. The van der Waals surface area contributed by atoms with Crippen molar-refractivity contribution in [1.29, 1.82) is 0 Å². The molecule has 1 saturated heterocycles. The molecule has 124 valence electrons. The zero-order chi connectivity index (χ0) is 16.3. The van der Waals surface area contributed by atoms with Crippen molar-refractivity contribution in [2.75, 3.05) is 13.2 Å². The summed E-state index contributed by atoms with van der Waals surface area (Å²) in [4.78, 5) is 4.56. The van der Waals surface area contributed by atoms with Gasteiger partial charge in [0.2, 0.25) is 10.0 Å². The summed E-state index contributed by atoms with van der Waals surface area (Å²) in [5.74, 6) is 0.766. The van der Waals surface area contributed by atoms with Crippen molar-refractivity contribution in [3.63, 3.8) is 0 Å². The minimum atomic E-state index is -3.56. The van der Waals surface area contributed by atoms with Crippen LogP contribution in [0.4, 0.5) is 0 Å². The van der Waals surface area contributed by atoms with Gasteiger partial charge in [0.15, 0.2) is 5.82 Å². The van der Waals surface area contributed by atoms with Crippen LogP contribution in [0.3, 0.4) is 0 Å². The molecule has 1 aliphatic rings. The Morgan fingerprint density at radius 2 is 2.13 bits per heavy atom.